The molecule has 0 aliphatic heterocycles. The molecule has 0 unspecified atom stereocenters. The van der Waals surface area contributed by atoms with E-state index < -0.39 is 0 Å². The highest BCUT2D eigenvalue weighted by Gasteiger charge is 2.14. The van der Waals surface area contributed by atoms with E-state index in [1.807, 2.05) is 0 Å². The van der Waals surface area contributed by atoms with Crippen LogP contribution in [0.25, 0.3) is 44.1 Å². The smallest absolute Gasteiger partial charge is 0.233 e. The molecule has 0 N–H and O–H groups in total. The van der Waals surface area contributed by atoms with E-state index in [2.05, 4.69) is 4.98 Å². The van der Waals surface area contributed by atoms with Crippen molar-refractivity contribution < 1.29 is 8.83 Å². The summed E-state index contributed by atoms with van der Waals surface area (Å²) in [6.45, 7) is 0. The number of nitrogens with zero attached hydrogens (tertiary/aromatic N) is 1. The second-order valence-corrected chi connectivity index (χ2v) is 5.55. The molecule has 3 aromatic heterocycles. The van der Waals surface area contributed by atoms with Crippen LogP contribution in [0.1, 0.15) is 0 Å². The van der Waals surface area contributed by atoms with Gasteiger partial charge in [-0.05, 0) is 30.3 Å². The maximum absolute atomic E-state index is 12.7. The number of rotatable bonds is 0. The van der Waals surface area contributed by atoms with Crippen LogP contribution in [0.4, 0.5) is 0 Å². The van der Waals surface area contributed by atoms with Crippen molar-refractivity contribution >= 4 is 44.1 Å². The fourth-order valence-corrected chi connectivity index (χ4v) is 2.95. The molecule has 0 amide bonds. The van der Waals surface area contributed by atoms with Crippen LogP contribution in [-0.2, 0) is 0 Å². The summed E-state index contributed by atoms with van der Waals surface area (Å²) in [5.74, 6) is 0. The summed E-state index contributed by atoms with van der Waals surface area (Å²) in [5, 5.41) is 1.44. The molecule has 114 valence electrons. The lowest BCUT2D eigenvalue weighted by Gasteiger charge is -2.03. The van der Waals surface area contributed by atoms with Crippen LogP contribution in [0.2, 0.25) is 0 Å². The van der Waals surface area contributed by atoms with Crippen molar-refractivity contribution in [3.05, 3.63) is 75.0 Å². The average molecular weight is 315 g/mol. The summed E-state index contributed by atoms with van der Waals surface area (Å²) in [7, 11) is 0. The average Bonchev–Trinajstić information content (AvgIpc) is 2.61. The maximum Gasteiger partial charge on any atom is 0.233 e. The minimum absolute atomic E-state index is 0.157. The Hall–Kier alpha value is -3.47. The molecule has 0 bridgehead atoms. The van der Waals surface area contributed by atoms with Gasteiger partial charge in [-0.25, -0.2) is 0 Å². The molecular weight excluding hydrogens is 306 g/mol. The Labute approximate surface area is 133 Å². The standard InChI is InChI=1S/C19H9NO4/c21-16-10-5-1-3-7-14(10)23-18-12(16)9-13-17(22)11-6-2-4-8-15(11)24-19(13)20-18/h1-9H. The van der Waals surface area contributed by atoms with E-state index in [1.165, 1.54) is 6.07 Å². The summed E-state index contributed by atoms with van der Waals surface area (Å²) in [6, 6.07) is 15.4. The van der Waals surface area contributed by atoms with E-state index in [0.29, 0.717) is 21.9 Å². The first-order chi connectivity index (χ1) is 11.7. The Kier molecular flexibility index (Phi) is 2.45. The predicted octanol–water partition coefficient (Wildman–Crippen LogP) is 3.60. The zero-order chi connectivity index (χ0) is 16.3. The van der Waals surface area contributed by atoms with E-state index in [-0.39, 0.29) is 33.1 Å². The number of para-hydroxylation sites is 2. The lowest BCUT2D eigenvalue weighted by molar-refractivity contribution is 0.621. The molecule has 0 aliphatic carbocycles. The van der Waals surface area contributed by atoms with Crippen molar-refractivity contribution in [3.63, 3.8) is 0 Å². The highest BCUT2D eigenvalue weighted by molar-refractivity contribution is 5.96. The van der Waals surface area contributed by atoms with Gasteiger partial charge in [-0.15, -0.1) is 0 Å². The topological polar surface area (TPSA) is 73.3 Å². The predicted molar refractivity (Wildman–Crippen MR) is 91.3 cm³/mol. The quantitative estimate of drug-likeness (QED) is 0.408. The first-order valence-electron chi connectivity index (χ1n) is 7.40. The number of aromatic nitrogens is 1. The molecule has 2 aromatic carbocycles. The number of fused-ring (bicyclic) bond motifs is 4. The minimum atomic E-state index is -0.214. The van der Waals surface area contributed by atoms with Gasteiger partial charge in [0.1, 0.15) is 11.2 Å². The monoisotopic (exact) mass is 315 g/mol. The van der Waals surface area contributed by atoms with Crippen LogP contribution in [0, 0.1) is 0 Å². The minimum Gasteiger partial charge on any atom is -0.437 e. The summed E-state index contributed by atoms with van der Waals surface area (Å²) in [6.07, 6.45) is 0. The molecule has 5 aromatic rings. The van der Waals surface area contributed by atoms with Gasteiger partial charge < -0.3 is 8.83 Å². The van der Waals surface area contributed by atoms with E-state index in [1.54, 1.807) is 48.5 Å². The zero-order valence-corrected chi connectivity index (χ0v) is 12.3. The molecule has 0 atom stereocenters. The number of hydrogen-bond donors (Lipinski definition) is 0. The molecule has 0 saturated carbocycles. The van der Waals surface area contributed by atoms with Gasteiger partial charge in [0, 0.05) is 0 Å². The fraction of sp³-hybridized carbons (Fsp3) is 0. The molecule has 24 heavy (non-hydrogen) atoms. The Morgan fingerprint density at radius 1 is 0.625 bits per heavy atom. The van der Waals surface area contributed by atoms with Crippen molar-refractivity contribution in [2.75, 3.05) is 0 Å². The van der Waals surface area contributed by atoms with Gasteiger partial charge in [0.2, 0.25) is 22.3 Å². The SMILES string of the molecule is O=c1c2ccccc2oc2nc3oc4ccccc4c(=O)c3cc12. The van der Waals surface area contributed by atoms with Gasteiger partial charge in [0.15, 0.2) is 0 Å². The third-order valence-corrected chi connectivity index (χ3v) is 4.12. The van der Waals surface area contributed by atoms with Crippen LogP contribution in [0.15, 0.2) is 73.0 Å². The Balaban J connectivity index is 2.05. The summed E-state index contributed by atoms with van der Waals surface area (Å²) in [4.78, 5) is 29.6. The van der Waals surface area contributed by atoms with Gasteiger partial charge in [0.05, 0.1) is 21.5 Å². The van der Waals surface area contributed by atoms with E-state index in [9.17, 15) is 9.59 Å². The summed E-state index contributed by atoms with van der Waals surface area (Å²) >= 11 is 0. The van der Waals surface area contributed by atoms with Crippen molar-refractivity contribution in [1.82, 2.24) is 4.98 Å². The number of pyridine rings is 1. The number of benzene rings is 2. The molecule has 0 spiro atoms. The largest absolute Gasteiger partial charge is 0.437 e. The Bertz CT molecular complexity index is 1290. The molecule has 0 saturated heterocycles. The maximum atomic E-state index is 12.7. The Morgan fingerprint density at radius 3 is 1.58 bits per heavy atom. The van der Waals surface area contributed by atoms with Crippen molar-refractivity contribution in [2.45, 2.75) is 0 Å². The third kappa shape index (κ3) is 1.66. The molecule has 0 aliphatic rings. The van der Waals surface area contributed by atoms with E-state index in [4.69, 9.17) is 8.83 Å². The molecule has 5 nitrogen and oxygen atoms in total. The van der Waals surface area contributed by atoms with Gasteiger partial charge in [-0.2, -0.15) is 4.98 Å². The van der Waals surface area contributed by atoms with Gasteiger partial charge in [-0.1, -0.05) is 24.3 Å². The van der Waals surface area contributed by atoms with Gasteiger partial charge in [-0.3, -0.25) is 9.59 Å². The lowest BCUT2D eigenvalue weighted by Crippen LogP contribution is -2.07. The Morgan fingerprint density at radius 2 is 1.08 bits per heavy atom. The second kappa shape index (κ2) is 4.52. The van der Waals surface area contributed by atoms with Gasteiger partial charge in [0.25, 0.3) is 0 Å². The molecule has 5 heteroatoms. The van der Waals surface area contributed by atoms with Gasteiger partial charge >= 0.3 is 0 Å². The molecule has 5 rings (SSSR count). The highest BCUT2D eigenvalue weighted by Crippen LogP contribution is 2.22. The van der Waals surface area contributed by atoms with Crippen LogP contribution in [-0.4, -0.2) is 4.98 Å². The van der Waals surface area contributed by atoms with Crippen LogP contribution in [0.5, 0.6) is 0 Å². The van der Waals surface area contributed by atoms with Crippen LogP contribution >= 0.6 is 0 Å². The lowest BCUT2D eigenvalue weighted by atomic mass is 10.1. The van der Waals surface area contributed by atoms with Crippen molar-refractivity contribution in [2.24, 2.45) is 0 Å². The molecule has 3 heterocycles. The van der Waals surface area contributed by atoms with Crippen molar-refractivity contribution in [1.29, 1.82) is 0 Å². The number of hydrogen-bond acceptors (Lipinski definition) is 5. The third-order valence-electron chi connectivity index (χ3n) is 4.12. The highest BCUT2D eigenvalue weighted by atomic mass is 16.4. The van der Waals surface area contributed by atoms with E-state index in [0.717, 1.165) is 0 Å². The molecular formula is C19H9NO4. The van der Waals surface area contributed by atoms with Crippen molar-refractivity contribution in [3.8, 4) is 0 Å². The fourth-order valence-electron chi connectivity index (χ4n) is 2.95. The summed E-state index contributed by atoms with van der Waals surface area (Å²) in [5.41, 5.74) is 0.784. The normalized spacial score (nSPS) is 11.7. The molecule has 0 fully saturated rings. The molecule has 0 radical (unpaired) electrons. The first kappa shape index (κ1) is 13.0. The summed E-state index contributed by atoms with van der Waals surface area (Å²) < 4.78 is 11.4. The zero-order valence-electron chi connectivity index (χ0n) is 12.3. The second-order valence-electron chi connectivity index (χ2n) is 5.55. The van der Waals surface area contributed by atoms with Crippen LogP contribution in [0.3, 0.4) is 0 Å². The van der Waals surface area contributed by atoms with E-state index >= 15 is 0 Å². The first-order valence-corrected chi connectivity index (χ1v) is 7.40. The van der Waals surface area contributed by atoms with Crippen LogP contribution < -0.4 is 10.9 Å².